The number of para-hydroxylation sites is 2. The predicted octanol–water partition coefficient (Wildman–Crippen LogP) is 5.29. The molecule has 3 aromatic carbocycles. The molecule has 0 aliphatic carbocycles. The largest absolute Gasteiger partial charge is 0.493 e. The molecule has 0 heterocycles. The number of ether oxygens (including phenoxy) is 3. The highest BCUT2D eigenvalue weighted by molar-refractivity contribution is 6.02. The second-order valence-electron chi connectivity index (χ2n) is 5.99. The van der Waals surface area contributed by atoms with E-state index in [0.29, 0.717) is 28.7 Å². The van der Waals surface area contributed by atoms with Crippen molar-refractivity contribution >= 4 is 17.7 Å². The van der Waals surface area contributed by atoms with Crippen LogP contribution in [0.5, 0.6) is 23.0 Å². The Morgan fingerprint density at radius 3 is 2.45 bits per heavy atom. The molecule has 0 unspecified atom stereocenters. The lowest BCUT2D eigenvalue weighted by molar-refractivity contribution is -0.111. The standard InChI is InChI=1S/C23H20FNO4/c1-27-21-12-10-16(14-22(21)28-2)11-13-23(26)25-19-8-3-4-9-20(19)29-18-7-5-6-17(24)15-18/h3-15H,1-2H3,(H,25,26). The van der Waals surface area contributed by atoms with Gasteiger partial charge in [0.1, 0.15) is 11.6 Å². The average Bonchev–Trinajstić information content (AvgIpc) is 2.73. The van der Waals surface area contributed by atoms with E-state index >= 15 is 0 Å². The molecule has 0 atom stereocenters. The van der Waals surface area contributed by atoms with Crippen molar-refractivity contribution in [3.63, 3.8) is 0 Å². The van der Waals surface area contributed by atoms with E-state index in [0.717, 1.165) is 5.56 Å². The zero-order valence-electron chi connectivity index (χ0n) is 16.0. The number of nitrogens with one attached hydrogen (secondary N) is 1. The van der Waals surface area contributed by atoms with Gasteiger partial charge in [0.2, 0.25) is 5.91 Å². The summed E-state index contributed by atoms with van der Waals surface area (Å²) in [6.07, 6.45) is 3.06. The van der Waals surface area contributed by atoms with E-state index in [1.165, 1.54) is 18.2 Å². The van der Waals surface area contributed by atoms with E-state index < -0.39 is 5.82 Å². The number of rotatable bonds is 7. The van der Waals surface area contributed by atoms with Crippen LogP contribution in [-0.4, -0.2) is 20.1 Å². The molecular formula is C23H20FNO4. The first-order chi connectivity index (χ1) is 14.1. The van der Waals surface area contributed by atoms with Crippen molar-refractivity contribution in [2.24, 2.45) is 0 Å². The Morgan fingerprint density at radius 1 is 0.897 bits per heavy atom. The molecule has 0 fully saturated rings. The summed E-state index contributed by atoms with van der Waals surface area (Å²) >= 11 is 0. The van der Waals surface area contributed by atoms with E-state index in [2.05, 4.69) is 5.32 Å². The Hall–Kier alpha value is -3.80. The minimum Gasteiger partial charge on any atom is -0.493 e. The average molecular weight is 393 g/mol. The van der Waals surface area contributed by atoms with Crippen LogP contribution < -0.4 is 19.5 Å². The van der Waals surface area contributed by atoms with E-state index in [9.17, 15) is 9.18 Å². The van der Waals surface area contributed by atoms with Crippen LogP contribution in [0.25, 0.3) is 6.08 Å². The van der Waals surface area contributed by atoms with Crippen LogP contribution in [0.15, 0.2) is 72.8 Å². The van der Waals surface area contributed by atoms with Crippen molar-refractivity contribution in [2.45, 2.75) is 0 Å². The van der Waals surface area contributed by atoms with Gasteiger partial charge in [0.15, 0.2) is 17.2 Å². The number of hydrogen-bond acceptors (Lipinski definition) is 4. The van der Waals surface area contributed by atoms with Crippen LogP contribution in [0.1, 0.15) is 5.56 Å². The summed E-state index contributed by atoms with van der Waals surface area (Å²) in [7, 11) is 3.11. The Morgan fingerprint density at radius 2 is 1.69 bits per heavy atom. The Balaban J connectivity index is 1.72. The fourth-order valence-electron chi connectivity index (χ4n) is 2.62. The molecule has 29 heavy (non-hydrogen) atoms. The van der Waals surface area contributed by atoms with Gasteiger partial charge in [0, 0.05) is 12.1 Å². The van der Waals surface area contributed by atoms with Gasteiger partial charge in [-0.1, -0.05) is 24.3 Å². The van der Waals surface area contributed by atoms with Crippen LogP contribution in [-0.2, 0) is 4.79 Å². The number of amides is 1. The quantitative estimate of drug-likeness (QED) is 0.555. The number of hydrogen-bond donors (Lipinski definition) is 1. The van der Waals surface area contributed by atoms with Crippen molar-refractivity contribution in [3.8, 4) is 23.0 Å². The summed E-state index contributed by atoms with van der Waals surface area (Å²) in [5.41, 5.74) is 1.25. The third-order valence-electron chi connectivity index (χ3n) is 4.00. The molecule has 1 amide bonds. The minimum absolute atomic E-state index is 0.338. The summed E-state index contributed by atoms with van der Waals surface area (Å²) in [5, 5.41) is 2.77. The minimum atomic E-state index is -0.401. The van der Waals surface area contributed by atoms with Crippen LogP contribution in [0.3, 0.4) is 0 Å². The monoisotopic (exact) mass is 393 g/mol. The first-order valence-corrected chi connectivity index (χ1v) is 8.82. The number of halogens is 1. The lowest BCUT2D eigenvalue weighted by atomic mass is 10.2. The van der Waals surface area contributed by atoms with Gasteiger partial charge in [0.25, 0.3) is 0 Å². The zero-order valence-corrected chi connectivity index (χ0v) is 16.0. The first kappa shape index (κ1) is 19.9. The summed E-state index contributed by atoms with van der Waals surface area (Å²) in [6.45, 7) is 0. The van der Waals surface area contributed by atoms with Crippen molar-refractivity contribution in [2.75, 3.05) is 19.5 Å². The number of anilines is 1. The van der Waals surface area contributed by atoms with Crippen LogP contribution >= 0.6 is 0 Å². The molecule has 0 saturated heterocycles. The van der Waals surface area contributed by atoms with Crippen LogP contribution in [0.4, 0.5) is 10.1 Å². The lowest BCUT2D eigenvalue weighted by Crippen LogP contribution is -2.08. The highest BCUT2D eigenvalue weighted by Crippen LogP contribution is 2.30. The molecule has 0 spiro atoms. The molecule has 0 aliphatic heterocycles. The van der Waals surface area contributed by atoms with E-state index in [4.69, 9.17) is 14.2 Å². The van der Waals surface area contributed by atoms with Gasteiger partial charge in [-0.25, -0.2) is 4.39 Å². The lowest BCUT2D eigenvalue weighted by Gasteiger charge is -2.11. The van der Waals surface area contributed by atoms with E-state index in [-0.39, 0.29) is 5.91 Å². The molecule has 5 nitrogen and oxygen atoms in total. The van der Waals surface area contributed by atoms with Gasteiger partial charge < -0.3 is 19.5 Å². The maximum atomic E-state index is 13.4. The van der Waals surface area contributed by atoms with Crippen molar-refractivity contribution in [1.29, 1.82) is 0 Å². The topological polar surface area (TPSA) is 56.8 Å². The van der Waals surface area contributed by atoms with Crippen molar-refractivity contribution in [3.05, 3.63) is 84.2 Å². The fraction of sp³-hybridized carbons (Fsp3) is 0.0870. The summed E-state index contributed by atoms with van der Waals surface area (Å²) in [4.78, 5) is 12.4. The molecule has 148 valence electrons. The molecule has 3 aromatic rings. The normalized spacial score (nSPS) is 10.6. The molecule has 0 aliphatic rings. The van der Waals surface area contributed by atoms with Crippen molar-refractivity contribution < 1.29 is 23.4 Å². The van der Waals surface area contributed by atoms with E-state index in [1.54, 1.807) is 68.8 Å². The van der Waals surface area contributed by atoms with Crippen LogP contribution in [0, 0.1) is 5.82 Å². The SMILES string of the molecule is COc1ccc(C=CC(=O)Nc2ccccc2Oc2cccc(F)c2)cc1OC. The molecule has 1 N–H and O–H groups in total. The molecule has 0 bridgehead atoms. The molecular weight excluding hydrogens is 373 g/mol. The van der Waals surface area contributed by atoms with Gasteiger partial charge in [-0.2, -0.15) is 0 Å². The molecule has 6 heteroatoms. The van der Waals surface area contributed by atoms with Gasteiger partial charge in [-0.15, -0.1) is 0 Å². The smallest absolute Gasteiger partial charge is 0.248 e. The van der Waals surface area contributed by atoms with Gasteiger partial charge in [-0.3, -0.25) is 4.79 Å². The molecule has 0 aromatic heterocycles. The molecule has 0 radical (unpaired) electrons. The van der Waals surface area contributed by atoms with Crippen molar-refractivity contribution in [1.82, 2.24) is 0 Å². The second-order valence-corrected chi connectivity index (χ2v) is 5.99. The first-order valence-electron chi connectivity index (χ1n) is 8.82. The number of carbonyl (C=O) groups is 1. The summed E-state index contributed by atoms with van der Waals surface area (Å²) in [6, 6.07) is 18.1. The number of methoxy groups -OCH3 is 2. The Labute approximate surface area is 168 Å². The van der Waals surface area contributed by atoms with Gasteiger partial charge >= 0.3 is 0 Å². The fourth-order valence-corrected chi connectivity index (χ4v) is 2.62. The number of benzene rings is 3. The third-order valence-corrected chi connectivity index (χ3v) is 4.00. The number of carbonyl (C=O) groups excluding carboxylic acids is 1. The molecule has 3 rings (SSSR count). The van der Waals surface area contributed by atoms with Crippen LogP contribution in [0.2, 0.25) is 0 Å². The predicted molar refractivity (Wildman–Crippen MR) is 110 cm³/mol. The molecule has 0 saturated carbocycles. The summed E-state index contributed by atoms with van der Waals surface area (Å²) < 4.78 is 29.5. The maximum absolute atomic E-state index is 13.4. The van der Waals surface area contributed by atoms with E-state index in [1.807, 2.05) is 6.07 Å². The zero-order chi connectivity index (χ0) is 20.6. The Kier molecular flexibility index (Phi) is 6.47. The van der Waals surface area contributed by atoms with Gasteiger partial charge in [0.05, 0.1) is 19.9 Å². The highest BCUT2D eigenvalue weighted by Gasteiger charge is 2.08. The highest BCUT2D eigenvalue weighted by atomic mass is 19.1. The third kappa shape index (κ3) is 5.35. The second kappa shape index (κ2) is 9.41. The Bertz CT molecular complexity index is 1030. The maximum Gasteiger partial charge on any atom is 0.248 e. The van der Waals surface area contributed by atoms with Gasteiger partial charge in [-0.05, 0) is 48.0 Å². The summed E-state index contributed by atoms with van der Waals surface area (Å²) in [5.74, 6) is 1.19.